The van der Waals surface area contributed by atoms with Crippen molar-refractivity contribution in [3.05, 3.63) is 0 Å². The minimum atomic E-state index is -0.284. The van der Waals surface area contributed by atoms with Crippen molar-refractivity contribution in [2.24, 2.45) is 5.73 Å². The molecule has 0 aliphatic carbocycles. The lowest BCUT2D eigenvalue weighted by Gasteiger charge is -2.14. The fourth-order valence-electron chi connectivity index (χ4n) is 1.35. The Labute approximate surface area is 72.9 Å². The number of hydrogen-bond donors (Lipinski definition) is 3. The van der Waals surface area contributed by atoms with E-state index in [-0.39, 0.29) is 11.9 Å². The largest absolute Gasteiger partial charge is 0.368 e. The molecule has 1 saturated heterocycles. The molecule has 1 aliphatic heterocycles. The third-order valence-corrected chi connectivity index (χ3v) is 2.26. The maximum absolute atomic E-state index is 10.6. The summed E-state index contributed by atoms with van der Waals surface area (Å²) in [5.74, 6) is -0.284. The molecule has 1 aliphatic rings. The lowest BCUT2D eigenvalue weighted by Crippen LogP contribution is -2.44. The first-order valence-corrected chi connectivity index (χ1v) is 4.46. The van der Waals surface area contributed by atoms with Gasteiger partial charge < -0.3 is 16.4 Å². The molecule has 0 bridgehead atoms. The van der Waals surface area contributed by atoms with Gasteiger partial charge in [0.1, 0.15) is 0 Å². The van der Waals surface area contributed by atoms with Gasteiger partial charge in [0, 0.05) is 12.6 Å². The van der Waals surface area contributed by atoms with E-state index in [2.05, 4.69) is 10.6 Å². The van der Waals surface area contributed by atoms with Crippen molar-refractivity contribution in [2.75, 3.05) is 13.1 Å². The molecular weight excluding hydrogens is 154 g/mol. The van der Waals surface area contributed by atoms with Crippen molar-refractivity contribution in [3.8, 4) is 0 Å². The van der Waals surface area contributed by atoms with E-state index in [1.165, 1.54) is 12.8 Å². The maximum Gasteiger partial charge on any atom is 0.234 e. The van der Waals surface area contributed by atoms with Crippen molar-refractivity contribution >= 4 is 5.91 Å². The lowest BCUT2D eigenvalue weighted by molar-refractivity contribution is -0.119. The van der Waals surface area contributed by atoms with Crippen LogP contribution in [0.4, 0.5) is 0 Å². The zero-order valence-electron chi connectivity index (χ0n) is 7.47. The average molecular weight is 171 g/mol. The van der Waals surface area contributed by atoms with Gasteiger partial charge in [-0.25, -0.2) is 0 Å². The van der Waals surface area contributed by atoms with Crippen LogP contribution in [0, 0.1) is 0 Å². The fourth-order valence-corrected chi connectivity index (χ4v) is 1.35. The molecule has 1 amide bonds. The Morgan fingerprint density at radius 2 is 2.58 bits per heavy atom. The first-order valence-electron chi connectivity index (χ1n) is 4.46. The summed E-state index contributed by atoms with van der Waals surface area (Å²) in [6, 6.07) is 0.305. The Balaban J connectivity index is 2.11. The van der Waals surface area contributed by atoms with E-state index in [0.717, 1.165) is 13.1 Å². The zero-order valence-corrected chi connectivity index (χ0v) is 7.47. The average Bonchev–Trinajstić information content (AvgIpc) is 2.51. The summed E-state index contributed by atoms with van der Waals surface area (Å²) in [5, 5.41) is 6.42. The van der Waals surface area contributed by atoms with E-state index in [4.69, 9.17) is 5.73 Å². The van der Waals surface area contributed by atoms with Crippen molar-refractivity contribution in [3.63, 3.8) is 0 Å². The van der Waals surface area contributed by atoms with Crippen LogP contribution in [0.2, 0.25) is 0 Å². The van der Waals surface area contributed by atoms with Crippen LogP contribution in [0.1, 0.15) is 19.8 Å². The number of primary amides is 1. The molecule has 4 nitrogen and oxygen atoms in total. The van der Waals surface area contributed by atoms with Gasteiger partial charge in [0.25, 0.3) is 0 Å². The van der Waals surface area contributed by atoms with Gasteiger partial charge >= 0.3 is 0 Å². The molecule has 0 saturated carbocycles. The lowest BCUT2D eigenvalue weighted by atomic mass is 10.2. The molecule has 0 spiro atoms. The van der Waals surface area contributed by atoms with Crippen LogP contribution < -0.4 is 16.4 Å². The Bertz CT molecular complexity index is 154. The molecule has 4 N–H and O–H groups in total. The quantitative estimate of drug-likeness (QED) is 0.519. The number of nitrogens with one attached hydrogen (secondary N) is 2. The molecule has 2 unspecified atom stereocenters. The van der Waals surface area contributed by atoms with E-state index >= 15 is 0 Å². The Hall–Kier alpha value is -0.610. The van der Waals surface area contributed by atoms with E-state index < -0.39 is 0 Å². The topological polar surface area (TPSA) is 67.2 Å². The Kier molecular flexibility index (Phi) is 3.49. The van der Waals surface area contributed by atoms with Crippen molar-refractivity contribution in [2.45, 2.75) is 31.8 Å². The summed E-state index contributed by atoms with van der Waals surface area (Å²) in [7, 11) is 0. The summed E-state index contributed by atoms with van der Waals surface area (Å²) in [4.78, 5) is 10.6. The van der Waals surface area contributed by atoms with Gasteiger partial charge in [-0.15, -0.1) is 0 Å². The summed E-state index contributed by atoms with van der Waals surface area (Å²) in [6.45, 7) is 3.72. The molecule has 70 valence electrons. The Morgan fingerprint density at radius 1 is 1.83 bits per heavy atom. The molecule has 12 heavy (non-hydrogen) atoms. The van der Waals surface area contributed by atoms with Gasteiger partial charge in [-0.05, 0) is 26.3 Å². The second-order valence-corrected chi connectivity index (χ2v) is 3.33. The summed E-state index contributed by atoms with van der Waals surface area (Å²) < 4.78 is 0. The van der Waals surface area contributed by atoms with E-state index in [1.807, 2.05) is 0 Å². The first-order chi connectivity index (χ1) is 5.70. The van der Waals surface area contributed by atoms with Crippen LogP contribution >= 0.6 is 0 Å². The fraction of sp³-hybridized carbons (Fsp3) is 0.875. The minimum Gasteiger partial charge on any atom is -0.368 e. The summed E-state index contributed by atoms with van der Waals surface area (Å²) >= 11 is 0. The summed E-state index contributed by atoms with van der Waals surface area (Å²) in [6.07, 6.45) is 2.43. The van der Waals surface area contributed by atoms with Crippen LogP contribution in [-0.4, -0.2) is 31.1 Å². The smallest absolute Gasteiger partial charge is 0.234 e. The van der Waals surface area contributed by atoms with Gasteiger partial charge in [0.2, 0.25) is 5.91 Å². The number of hydrogen-bond acceptors (Lipinski definition) is 3. The number of rotatable bonds is 4. The van der Waals surface area contributed by atoms with Gasteiger partial charge in [-0.1, -0.05) is 0 Å². The van der Waals surface area contributed by atoms with Crippen LogP contribution in [0.5, 0.6) is 0 Å². The van der Waals surface area contributed by atoms with Crippen LogP contribution in [-0.2, 0) is 4.79 Å². The van der Waals surface area contributed by atoms with Crippen molar-refractivity contribution in [1.29, 1.82) is 0 Å². The van der Waals surface area contributed by atoms with Crippen molar-refractivity contribution < 1.29 is 4.79 Å². The van der Waals surface area contributed by atoms with Gasteiger partial charge in [0.15, 0.2) is 0 Å². The molecular formula is C8H17N3O. The number of carbonyl (C=O) groups is 1. The summed E-state index contributed by atoms with van der Waals surface area (Å²) in [5.41, 5.74) is 5.10. The second-order valence-electron chi connectivity index (χ2n) is 3.33. The van der Waals surface area contributed by atoms with E-state index in [0.29, 0.717) is 6.04 Å². The maximum atomic E-state index is 10.6. The molecule has 1 heterocycles. The number of nitrogens with two attached hydrogens (primary N) is 1. The van der Waals surface area contributed by atoms with Gasteiger partial charge in [-0.2, -0.15) is 0 Å². The predicted molar refractivity (Wildman–Crippen MR) is 47.7 cm³/mol. The van der Waals surface area contributed by atoms with Gasteiger partial charge in [-0.3, -0.25) is 4.79 Å². The van der Waals surface area contributed by atoms with Crippen molar-refractivity contribution in [1.82, 2.24) is 10.6 Å². The standard InChI is InChI=1S/C8H17N3O/c1-6(8(9)12)11-5-7-3-2-4-10-7/h6-7,10-11H,2-5H2,1H3,(H2,9,12). The molecule has 2 atom stereocenters. The first kappa shape index (κ1) is 9.48. The normalized spacial score (nSPS) is 25.6. The molecule has 4 heteroatoms. The molecule has 1 fully saturated rings. The van der Waals surface area contributed by atoms with E-state index in [1.54, 1.807) is 6.92 Å². The van der Waals surface area contributed by atoms with Crippen LogP contribution in [0.15, 0.2) is 0 Å². The highest BCUT2D eigenvalue weighted by Crippen LogP contribution is 2.03. The van der Waals surface area contributed by atoms with Gasteiger partial charge in [0.05, 0.1) is 6.04 Å². The molecule has 0 aromatic heterocycles. The highest BCUT2D eigenvalue weighted by Gasteiger charge is 2.15. The van der Waals surface area contributed by atoms with Crippen LogP contribution in [0.3, 0.4) is 0 Å². The second kappa shape index (κ2) is 4.42. The zero-order chi connectivity index (χ0) is 8.97. The number of carbonyl (C=O) groups excluding carboxylic acids is 1. The Morgan fingerprint density at radius 3 is 3.08 bits per heavy atom. The number of amides is 1. The van der Waals surface area contributed by atoms with E-state index in [9.17, 15) is 4.79 Å². The third-order valence-electron chi connectivity index (χ3n) is 2.26. The third kappa shape index (κ3) is 2.79. The SMILES string of the molecule is CC(NCC1CCCN1)C(N)=O. The molecule has 0 aromatic carbocycles. The monoisotopic (exact) mass is 171 g/mol. The highest BCUT2D eigenvalue weighted by molar-refractivity contribution is 5.79. The minimum absolute atomic E-state index is 0.215. The predicted octanol–water partition coefficient (Wildman–Crippen LogP) is -0.798. The molecule has 0 radical (unpaired) electrons. The molecule has 1 rings (SSSR count). The van der Waals surface area contributed by atoms with Crippen LogP contribution in [0.25, 0.3) is 0 Å². The molecule has 0 aromatic rings. The highest BCUT2D eigenvalue weighted by atomic mass is 16.1.